The van der Waals surface area contributed by atoms with Crippen LogP contribution in [0.1, 0.15) is 43.4 Å². The molecule has 0 spiro atoms. The van der Waals surface area contributed by atoms with Crippen LogP contribution in [0.2, 0.25) is 0 Å². The monoisotopic (exact) mass is 260 g/mol. The Labute approximate surface area is 115 Å². The minimum atomic E-state index is 0.0622. The fraction of sp³-hybridized carbons (Fsp3) is 0.562. The zero-order valence-electron chi connectivity index (χ0n) is 11.9. The van der Waals surface area contributed by atoms with Crippen molar-refractivity contribution in [2.24, 2.45) is 17.6 Å². The summed E-state index contributed by atoms with van der Waals surface area (Å²) >= 11 is 0. The number of carbonyl (C=O) groups is 1. The topological polar surface area (TPSA) is 55.1 Å². The Morgan fingerprint density at radius 1 is 1.37 bits per heavy atom. The molecule has 0 bridgehead atoms. The number of amides is 1. The quantitative estimate of drug-likeness (QED) is 0.874. The van der Waals surface area contributed by atoms with E-state index in [1.54, 1.807) is 0 Å². The summed E-state index contributed by atoms with van der Waals surface area (Å²) in [5, 5.41) is 3.13. The zero-order chi connectivity index (χ0) is 13.8. The van der Waals surface area contributed by atoms with Crippen molar-refractivity contribution in [2.45, 2.75) is 39.2 Å². The molecular formula is C16H24N2O. The van der Waals surface area contributed by atoms with E-state index in [4.69, 9.17) is 5.73 Å². The second-order valence-electron chi connectivity index (χ2n) is 5.67. The maximum Gasteiger partial charge on any atom is 0.223 e. The average molecular weight is 260 g/mol. The largest absolute Gasteiger partial charge is 0.349 e. The molecule has 0 heterocycles. The van der Waals surface area contributed by atoms with E-state index in [0.717, 1.165) is 24.8 Å². The van der Waals surface area contributed by atoms with Gasteiger partial charge in [-0.1, -0.05) is 36.2 Å². The first-order valence-electron chi connectivity index (χ1n) is 7.19. The van der Waals surface area contributed by atoms with Crippen molar-refractivity contribution in [3.05, 3.63) is 35.4 Å². The molecule has 0 radical (unpaired) electrons. The normalized spacial score (nSPS) is 24.2. The van der Waals surface area contributed by atoms with Crippen LogP contribution in [-0.2, 0) is 4.79 Å². The van der Waals surface area contributed by atoms with Crippen LogP contribution in [-0.4, -0.2) is 12.5 Å². The lowest BCUT2D eigenvalue weighted by molar-refractivity contribution is -0.126. The molecule has 0 aliphatic heterocycles. The molecule has 2 rings (SSSR count). The van der Waals surface area contributed by atoms with Crippen LogP contribution < -0.4 is 11.1 Å². The highest BCUT2D eigenvalue weighted by atomic mass is 16.2. The summed E-state index contributed by atoms with van der Waals surface area (Å²) in [6.45, 7) is 4.73. The third-order valence-corrected chi connectivity index (χ3v) is 4.23. The molecule has 1 saturated carbocycles. The molecule has 3 heteroatoms. The number of benzene rings is 1. The zero-order valence-corrected chi connectivity index (χ0v) is 11.9. The average Bonchev–Trinajstić information content (AvgIpc) is 2.87. The van der Waals surface area contributed by atoms with Gasteiger partial charge >= 0.3 is 0 Å². The van der Waals surface area contributed by atoms with E-state index in [2.05, 4.69) is 36.5 Å². The van der Waals surface area contributed by atoms with Gasteiger partial charge in [0.1, 0.15) is 0 Å². The van der Waals surface area contributed by atoms with E-state index in [-0.39, 0.29) is 17.9 Å². The molecule has 3 unspecified atom stereocenters. The number of nitrogens with one attached hydrogen (secondary N) is 1. The number of rotatable bonds is 4. The summed E-state index contributed by atoms with van der Waals surface area (Å²) in [4.78, 5) is 12.3. The number of carbonyl (C=O) groups excluding carboxylic acids is 1. The first-order chi connectivity index (χ1) is 9.11. The Bertz CT molecular complexity index is 427. The van der Waals surface area contributed by atoms with Crippen LogP contribution in [0.4, 0.5) is 0 Å². The molecule has 104 valence electrons. The maximum absolute atomic E-state index is 12.3. The number of hydrogen-bond acceptors (Lipinski definition) is 2. The highest BCUT2D eigenvalue weighted by Gasteiger charge is 2.32. The fourth-order valence-corrected chi connectivity index (χ4v) is 2.92. The van der Waals surface area contributed by atoms with E-state index in [9.17, 15) is 4.79 Å². The van der Waals surface area contributed by atoms with Crippen LogP contribution >= 0.6 is 0 Å². The second kappa shape index (κ2) is 6.20. The SMILES string of the molecule is Cc1ccc(C(C)NC(=O)C2CCCC2CN)cc1. The summed E-state index contributed by atoms with van der Waals surface area (Å²) < 4.78 is 0. The standard InChI is InChI=1S/C16H24N2O/c1-11-6-8-13(9-7-11)12(2)18-16(19)15-5-3-4-14(15)10-17/h6-9,12,14-15H,3-5,10,17H2,1-2H3,(H,18,19). The van der Waals surface area contributed by atoms with Gasteiger partial charge in [-0.05, 0) is 44.7 Å². The highest BCUT2D eigenvalue weighted by Crippen LogP contribution is 2.31. The predicted molar refractivity (Wildman–Crippen MR) is 77.6 cm³/mol. The predicted octanol–water partition coefficient (Wildman–Crippen LogP) is 2.55. The molecule has 1 aliphatic carbocycles. The van der Waals surface area contributed by atoms with Crippen molar-refractivity contribution in [1.82, 2.24) is 5.32 Å². The molecule has 1 fully saturated rings. The molecule has 19 heavy (non-hydrogen) atoms. The Balaban J connectivity index is 1.96. The number of nitrogens with two attached hydrogens (primary N) is 1. The van der Waals surface area contributed by atoms with Crippen LogP contribution in [0.5, 0.6) is 0 Å². The molecule has 3 nitrogen and oxygen atoms in total. The Kier molecular flexibility index (Phi) is 4.59. The maximum atomic E-state index is 12.3. The van der Waals surface area contributed by atoms with Gasteiger partial charge in [0.15, 0.2) is 0 Å². The lowest BCUT2D eigenvalue weighted by Gasteiger charge is -2.21. The van der Waals surface area contributed by atoms with Gasteiger partial charge in [0.25, 0.3) is 0 Å². The summed E-state index contributed by atoms with van der Waals surface area (Å²) in [6.07, 6.45) is 3.20. The van der Waals surface area contributed by atoms with E-state index in [1.807, 2.05) is 6.92 Å². The van der Waals surface area contributed by atoms with Gasteiger partial charge in [0.2, 0.25) is 5.91 Å². The van der Waals surface area contributed by atoms with Gasteiger partial charge in [-0.25, -0.2) is 0 Å². The van der Waals surface area contributed by atoms with Crippen molar-refractivity contribution in [3.8, 4) is 0 Å². The van der Waals surface area contributed by atoms with Gasteiger partial charge in [0.05, 0.1) is 6.04 Å². The lowest BCUT2D eigenvalue weighted by atomic mass is 9.94. The lowest BCUT2D eigenvalue weighted by Crippen LogP contribution is -2.36. The van der Waals surface area contributed by atoms with Crippen LogP contribution in [0, 0.1) is 18.8 Å². The second-order valence-corrected chi connectivity index (χ2v) is 5.67. The summed E-state index contributed by atoms with van der Waals surface area (Å²) in [5.74, 6) is 0.643. The molecule has 3 N–H and O–H groups in total. The molecule has 3 atom stereocenters. The molecule has 1 aromatic carbocycles. The van der Waals surface area contributed by atoms with E-state index < -0.39 is 0 Å². The Morgan fingerprint density at radius 2 is 2.05 bits per heavy atom. The van der Waals surface area contributed by atoms with Crippen molar-refractivity contribution in [2.75, 3.05) is 6.54 Å². The molecule has 0 saturated heterocycles. The number of hydrogen-bond donors (Lipinski definition) is 2. The van der Waals surface area contributed by atoms with Crippen molar-refractivity contribution >= 4 is 5.91 Å². The van der Waals surface area contributed by atoms with Crippen LogP contribution in [0.25, 0.3) is 0 Å². The molecular weight excluding hydrogens is 236 g/mol. The fourth-order valence-electron chi connectivity index (χ4n) is 2.92. The van der Waals surface area contributed by atoms with Crippen LogP contribution in [0.15, 0.2) is 24.3 Å². The van der Waals surface area contributed by atoms with Crippen molar-refractivity contribution < 1.29 is 4.79 Å². The Hall–Kier alpha value is -1.35. The summed E-state index contributed by atoms with van der Waals surface area (Å²) in [5.41, 5.74) is 8.13. The van der Waals surface area contributed by atoms with Crippen LogP contribution in [0.3, 0.4) is 0 Å². The van der Waals surface area contributed by atoms with Gasteiger partial charge < -0.3 is 11.1 Å². The van der Waals surface area contributed by atoms with E-state index >= 15 is 0 Å². The summed E-state index contributed by atoms with van der Waals surface area (Å²) in [6, 6.07) is 8.38. The smallest absolute Gasteiger partial charge is 0.223 e. The van der Waals surface area contributed by atoms with E-state index in [0.29, 0.717) is 12.5 Å². The molecule has 1 aliphatic rings. The number of aryl methyl sites for hydroxylation is 1. The first kappa shape index (κ1) is 14.1. The molecule has 1 amide bonds. The first-order valence-corrected chi connectivity index (χ1v) is 7.19. The van der Waals surface area contributed by atoms with Gasteiger partial charge in [0, 0.05) is 5.92 Å². The summed E-state index contributed by atoms with van der Waals surface area (Å²) in [7, 11) is 0. The van der Waals surface area contributed by atoms with Gasteiger partial charge in [-0.15, -0.1) is 0 Å². The highest BCUT2D eigenvalue weighted by molar-refractivity contribution is 5.79. The van der Waals surface area contributed by atoms with Crippen molar-refractivity contribution in [1.29, 1.82) is 0 Å². The van der Waals surface area contributed by atoms with Crippen molar-refractivity contribution in [3.63, 3.8) is 0 Å². The minimum Gasteiger partial charge on any atom is -0.349 e. The molecule has 1 aromatic rings. The molecule has 0 aromatic heterocycles. The van der Waals surface area contributed by atoms with Gasteiger partial charge in [-0.2, -0.15) is 0 Å². The Morgan fingerprint density at radius 3 is 2.68 bits per heavy atom. The van der Waals surface area contributed by atoms with Gasteiger partial charge in [-0.3, -0.25) is 4.79 Å². The third-order valence-electron chi connectivity index (χ3n) is 4.23. The van der Waals surface area contributed by atoms with E-state index in [1.165, 1.54) is 5.56 Å². The third kappa shape index (κ3) is 3.35. The minimum absolute atomic E-state index is 0.0622.